The molecule has 0 spiro atoms. The molecule has 2 fully saturated rings. The molecule has 7 heteroatoms. The molecule has 0 unspecified atom stereocenters. The zero-order valence-electron chi connectivity index (χ0n) is 12.5. The van der Waals surface area contributed by atoms with Crippen molar-refractivity contribution in [2.45, 2.75) is 0 Å². The van der Waals surface area contributed by atoms with E-state index in [0.29, 0.717) is 23.1 Å². The summed E-state index contributed by atoms with van der Waals surface area (Å²) in [4.78, 5) is 14.7. The zero-order chi connectivity index (χ0) is 15.1. The fraction of sp³-hybridized carbons (Fsp3) is 0.375. The summed E-state index contributed by atoms with van der Waals surface area (Å²) in [6.07, 6.45) is 1.56. The lowest BCUT2D eigenvalue weighted by atomic mass is 10.0. The second kappa shape index (κ2) is 6.29. The average Bonchev–Trinajstić information content (AvgIpc) is 3.22. The van der Waals surface area contributed by atoms with Gasteiger partial charge in [-0.25, -0.2) is 4.39 Å². The van der Waals surface area contributed by atoms with Crippen molar-refractivity contribution in [3.8, 4) is 11.3 Å². The Labute approximate surface area is 139 Å². The van der Waals surface area contributed by atoms with Crippen LogP contribution in [0.4, 0.5) is 4.39 Å². The van der Waals surface area contributed by atoms with Crippen molar-refractivity contribution in [1.29, 1.82) is 0 Å². The molecule has 1 aromatic heterocycles. The number of aromatic amines is 1. The van der Waals surface area contributed by atoms with Gasteiger partial charge in [0.1, 0.15) is 5.82 Å². The van der Waals surface area contributed by atoms with E-state index in [0.717, 1.165) is 31.7 Å². The van der Waals surface area contributed by atoms with Crippen molar-refractivity contribution in [3.63, 3.8) is 0 Å². The molecule has 2 aromatic rings. The molecule has 2 saturated heterocycles. The number of H-pyrrole nitrogens is 1. The minimum Gasteiger partial charge on any atom is -0.338 e. The first-order valence-corrected chi connectivity index (χ1v) is 7.51. The Hall–Kier alpha value is -1.92. The van der Waals surface area contributed by atoms with E-state index in [-0.39, 0.29) is 24.1 Å². The van der Waals surface area contributed by atoms with Crippen LogP contribution >= 0.6 is 12.4 Å². The van der Waals surface area contributed by atoms with Crippen LogP contribution in [0, 0.1) is 17.7 Å². The first-order chi connectivity index (χ1) is 10.7. The van der Waals surface area contributed by atoms with Crippen LogP contribution in [-0.2, 0) is 0 Å². The third kappa shape index (κ3) is 2.84. The topological polar surface area (TPSA) is 61.0 Å². The third-order valence-corrected chi connectivity index (χ3v) is 4.68. The standard InChI is InChI=1S/C16H17FN4O.ClH/c17-13-3-1-10(2-4-13)15-14(7-19-20-15)16(22)21-8-11-5-18-6-12(11)9-21;/h1-4,7,11-12,18H,5-6,8-9H2,(H,19,20);1H/t11-,12+;. The lowest BCUT2D eigenvalue weighted by molar-refractivity contribution is 0.0782. The number of hydrogen-bond donors (Lipinski definition) is 2. The highest BCUT2D eigenvalue weighted by Gasteiger charge is 2.38. The van der Waals surface area contributed by atoms with Crippen LogP contribution < -0.4 is 5.32 Å². The van der Waals surface area contributed by atoms with E-state index in [1.165, 1.54) is 12.1 Å². The molecule has 23 heavy (non-hydrogen) atoms. The van der Waals surface area contributed by atoms with E-state index in [4.69, 9.17) is 0 Å². The number of likely N-dealkylation sites (tertiary alicyclic amines) is 1. The van der Waals surface area contributed by atoms with Gasteiger partial charge in [0.2, 0.25) is 0 Å². The SMILES string of the molecule is Cl.O=C(c1cn[nH]c1-c1ccc(F)cc1)N1C[C@H]2CNC[C@H]2C1. The van der Waals surface area contributed by atoms with E-state index in [1.54, 1.807) is 18.3 Å². The van der Waals surface area contributed by atoms with Crippen LogP contribution in [0.15, 0.2) is 30.5 Å². The molecule has 3 heterocycles. The van der Waals surface area contributed by atoms with Crippen molar-refractivity contribution < 1.29 is 9.18 Å². The Bertz CT molecular complexity index is 690. The van der Waals surface area contributed by atoms with Gasteiger partial charge in [0.05, 0.1) is 17.5 Å². The summed E-state index contributed by atoms with van der Waals surface area (Å²) in [5, 5.41) is 10.2. The summed E-state index contributed by atoms with van der Waals surface area (Å²) in [5.41, 5.74) is 1.98. The number of fused-ring (bicyclic) bond motifs is 1. The van der Waals surface area contributed by atoms with E-state index in [1.807, 2.05) is 4.90 Å². The highest BCUT2D eigenvalue weighted by Crippen LogP contribution is 2.29. The Morgan fingerprint density at radius 1 is 1.17 bits per heavy atom. The normalized spacial score (nSPS) is 22.7. The van der Waals surface area contributed by atoms with Crippen molar-refractivity contribution in [1.82, 2.24) is 20.4 Å². The number of benzene rings is 1. The van der Waals surface area contributed by atoms with Crippen LogP contribution in [0.25, 0.3) is 11.3 Å². The number of hydrogen-bond acceptors (Lipinski definition) is 3. The second-order valence-electron chi connectivity index (χ2n) is 6.05. The van der Waals surface area contributed by atoms with Crippen molar-refractivity contribution in [2.75, 3.05) is 26.2 Å². The highest BCUT2D eigenvalue weighted by molar-refractivity contribution is 5.99. The monoisotopic (exact) mass is 336 g/mol. The summed E-state index contributed by atoms with van der Waals surface area (Å²) in [6.45, 7) is 3.57. The second-order valence-corrected chi connectivity index (χ2v) is 6.05. The van der Waals surface area contributed by atoms with Gasteiger partial charge in [-0.15, -0.1) is 12.4 Å². The average molecular weight is 337 g/mol. The minimum absolute atomic E-state index is 0. The van der Waals surface area contributed by atoms with Gasteiger partial charge in [-0.3, -0.25) is 9.89 Å². The van der Waals surface area contributed by atoms with Gasteiger partial charge in [-0.2, -0.15) is 5.10 Å². The molecule has 1 aromatic carbocycles. The zero-order valence-corrected chi connectivity index (χ0v) is 13.3. The van der Waals surface area contributed by atoms with E-state index >= 15 is 0 Å². The van der Waals surface area contributed by atoms with Gasteiger partial charge in [0.25, 0.3) is 5.91 Å². The molecule has 2 atom stereocenters. The maximum Gasteiger partial charge on any atom is 0.257 e. The number of nitrogens with one attached hydrogen (secondary N) is 2. The molecule has 0 saturated carbocycles. The van der Waals surface area contributed by atoms with E-state index < -0.39 is 0 Å². The predicted molar refractivity (Wildman–Crippen MR) is 87.0 cm³/mol. The number of halogens is 2. The molecule has 122 valence electrons. The summed E-state index contributed by atoms with van der Waals surface area (Å²) in [5.74, 6) is 0.828. The van der Waals surface area contributed by atoms with Gasteiger partial charge in [-0.05, 0) is 36.1 Å². The van der Waals surface area contributed by atoms with Crippen LogP contribution in [0.2, 0.25) is 0 Å². The van der Waals surface area contributed by atoms with Crippen LogP contribution in [-0.4, -0.2) is 47.2 Å². The molecule has 5 nitrogen and oxygen atoms in total. The smallest absolute Gasteiger partial charge is 0.257 e. The molecule has 4 rings (SSSR count). The lowest BCUT2D eigenvalue weighted by Gasteiger charge is -2.17. The maximum absolute atomic E-state index is 13.1. The lowest BCUT2D eigenvalue weighted by Crippen LogP contribution is -2.31. The summed E-state index contributed by atoms with van der Waals surface area (Å²) in [7, 11) is 0. The van der Waals surface area contributed by atoms with Gasteiger partial charge < -0.3 is 10.2 Å². The Morgan fingerprint density at radius 3 is 2.48 bits per heavy atom. The van der Waals surface area contributed by atoms with Gasteiger partial charge >= 0.3 is 0 Å². The number of carbonyl (C=O) groups is 1. The number of rotatable bonds is 2. The number of aromatic nitrogens is 2. The van der Waals surface area contributed by atoms with Gasteiger partial charge in [-0.1, -0.05) is 0 Å². The molecular formula is C16H18ClFN4O. The number of carbonyl (C=O) groups excluding carboxylic acids is 1. The summed E-state index contributed by atoms with van der Waals surface area (Å²) in [6, 6.07) is 6.08. The molecule has 0 aliphatic carbocycles. The van der Waals surface area contributed by atoms with Crippen molar-refractivity contribution in [2.24, 2.45) is 11.8 Å². The van der Waals surface area contributed by atoms with Gasteiger partial charge in [0.15, 0.2) is 0 Å². The minimum atomic E-state index is -0.295. The third-order valence-electron chi connectivity index (χ3n) is 4.68. The molecule has 2 aliphatic heterocycles. The van der Waals surface area contributed by atoms with Gasteiger partial charge in [0, 0.05) is 31.7 Å². The molecule has 0 bridgehead atoms. The Kier molecular flexibility index (Phi) is 4.37. The molecule has 2 aliphatic rings. The molecular weight excluding hydrogens is 319 g/mol. The number of amides is 1. The molecule has 0 radical (unpaired) electrons. The Morgan fingerprint density at radius 2 is 1.83 bits per heavy atom. The largest absolute Gasteiger partial charge is 0.338 e. The molecule has 2 N–H and O–H groups in total. The van der Waals surface area contributed by atoms with Crippen molar-refractivity contribution in [3.05, 3.63) is 41.8 Å². The van der Waals surface area contributed by atoms with Crippen molar-refractivity contribution >= 4 is 18.3 Å². The first-order valence-electron chi connectivity index (χ1n) is 7.51. The van der Waals surface area contributed by atoms with Crippen LogP contribution in [0.5, 0.6) is 0 Å². The predicted octanol–water partition coefficient (Wildman–Crippen LogP) is 1.93. The molecule has 1 amide bonds. The maximum atomic E-state index is 13.1. The fourth-order valence-corrected chi connectivity index (χ4v) is 3.48. The van der Waals surface area contributed by atoms with E-state index in [9.17, 15) is 9.18 Å². The van der Waals surface area contributed by atoms with Crippen LogP contribution in [0.1, 0.15) is 10.4 Å². The number of nitrogens with zero attached hydrogens (tertiary/aromatic N) is 2. The van der Waals surface area contributed by atoms with E-state index in [2.05, 4.69) is 15.5 Å². The van der Waals surface area contributed by atoms with Crippen LogP contribution in [0.3, 0.4) is 0 Å². The quantitative estimate of drug-likeness (QED) is 0.881. The summed E-state index contributed by atoms with van der Waals surface area (Å²) < 4.78 is 13.1. The Balaban J connectivity index is 0.00000156. The summed E-state index contributed by atoms with van der Waals surface area (Å²) >= 11 is 0. The fourth-order valence-electron chi connectivity index (χ4n) is 3.48. The highest BCUT2D eigenvalue weighted by atomic mass is 35.5. The first kappa shape index (κ1) is 16.0.